The van der Waals surface area contributed by atoms with Gasteiger partial charge in [-0.1, -0.05) is 0 Å². The molecule has 0 aromatic heterocycles. The second kappa shape index (κ2) is 4.63. The molecule has 1 heterocycles. The van der Waals surface area contributed by atoms with Crippen LogP contribution in [-0.4, -0.2) is 35.9 Å². The largest absolute Gasteiger partial charge is 0.389 e. The van der Waals surface area contributed by atoms with Gasteiger partial charge in [0, 0.05) is 13.0 Å². The highest BCUT2D eigenvalue weighted by Gasteiger charge is 2.28. The molecule has 0 bridgehead atoms. The average Bonchev–Trinajstić information content (AvgIpc) is 2.37. The van der Waals surface area contributed by atoms with E-state index in [1.165, 1.54) is 4.90 Å². The first kappa shape index (κ1) is 12.0. The molecule has 0 radical (unpaired) electrons. The lowest BCUT2D eigenvalue weighted by Crippen LogP contribution is -2.26. The van der Waals surface area contributed by atoms with Crippen molar-refractivity contribution in [3.63, 3.8) is 0 Å². The Labute approximate surface area is 85.2 Å². The highest BCUT2D eigenvalue weighted by Crippen LogP contribution is 2.22. The molecule has 1 amide bonds. The minimum absolute atomic E-state index is 0.00146. The number of carbonyl (C=O) groups is 2. The molecule has 0 N–H and O–H groups in total. The molecule has 1 rings (SSSR count). The van der Waals surface area contributed by atoms with Crippen LogP contribution in [0.3, 0.4) is 0 Å². The molecule has 86 valence electrons. The van der Waals surface area contributed by atoms with Crippen LogP contribution in [0.2, 0.25) is 0 Å². The quantitative estimate of drug-likeness (QED) is 0.535. The van der Waals surface area contributed by atoms with Crippen molar-refractivity contribution in [1.82, 2.24) is 4.90 Å². The first-order chi connectivity index (χ1) is 6.88. The molecule has 0 saturated carbocycles. The van der Waals surface area contributed by atoms with E-state index < -0.39 is 12.6 Å². The van der Waals surface area contributed by atoms with Gasteiger partial charge < -0.3 is 4.90 Å². The first-order valence-electron chi connectivity index (χ1n) is 4.75. The van der Waals surface area contributed by atoms with Crippen LogP contribution in [0.5, 0.6) is 0 Å². The Morgan fingerprint density at radius 3 is 2.33 bits per heavy atom. The maximum Gasteiger partial charge on any atom is 0.389 e. The summed E-state index contributed by atoms with van der Waals surface area (Å²) >= 11 is 0. The molecule has 0 aromatic carbocycles. The Morgan fingerprint density at radius 1 is 1.20 bits per heavy atom. The van der Waals surface area contributed by atoms with Crippen molar-refractivity contribution in [2.75, 3.05) is 13.1 Å². The van der Waals surface area contributed by atoms with Crippen molar-refractivity contribution in [1.29, 1.82) is 0 Å². The predicted molar refractivity (Wildman–Crippen MR) is 46.1 cm³/mol. The minimum atomic E-state index is -4.13. The van der Waals surface area contributed by atoms with E-state index in [0.717, 1.165) is 0 Å². The number of alkyl halides is 3. The van der Waals surface area contributed by atoms with Crippen molar-refractivity contribution in [2.24, 2.45) is 0 Å². The van der Waals surface area contributed by atoms with Gasteiger partial charge in [0.1, 0.15) is 0 Å². The summed E-state index contributed by atoms with van der Waals surface area (Å²) in [7, 11) is 0. The zero-order valence-electron chi connectivity index (χ0n) is 8.14. The van der Waals surface area contributed by atoms with E-state index in [4.69, 9.17) is 0 Å². The zero-order valence-corrected chi connectivity index (χ0v) is 8.14. The fourth-order valence-corrected chi connectivity index (χ4v) is 1.47. The molecule has 0 spiro atoms. The average molecular weight is 223 g/mol. The van der Waals surface area contributed by atoms with Crippen LogP contribution < -0.4 is 0 Å². The normalized spacial score (nSPS) is 17.7. The molecule has 0 atom stereocenters. The van der Waals surface area contributed by atoms with Gasteiger partial charge in [0.2, 0.25) is 5.91 Å². The molecule has 0 unspecified atom stereocenters. The van der Waals surface area contributed by atoms with Gasteiger partial charge in [-0.2, -0.15) is 13.2 Å². The molecule has 1 fully saturated rings. The van der Waals surface area contributed by atoms with E-state index in [1.54, 1.807) is 0 Å². The lowest BCUT2D eigenvalue weighted by Gasteiger charge is -2.14. The Morgan fingerprint density at radius 2 is 1.87 bits per heavy atom. The van der Waals surface area contributed by atoms with E-state index >= 15 is 0 Å². The van der Waals surface area contributed by atoms with Crippen LogP contribution in [0.25, 0.3) is 0 Å². The van der Waals surface area contributed by atoms with Crippen LogP contribution >= 0.6 is 0 Å². The summed E-state index contributed by atoms with van der Waals surface area (Å²) in [5, 5.41) is 0. The minimum Gasteiger partial charge on any atom is -0.335 e. The standard InChI is InChI=1S/C9H12F3NO2/c10-9(11,12)3-1-2-4-13-6-7(14)5-8(13)15/h1-6H2. The number of carbonyl (C=O) groups excluding carboxylic acids is 2. The van der Waals surface area contributed by atoms with Gasteiger partial charge in [-0.25, -0.2) is 0 Å². The summed E-state index contributed by atoms with van der Waals surface area (Å²) in [5.41, 5.74) is 0. The Kier molecular flexibility index (Phi) is 3.71. The van der Waals surface area contributed by atoms with Crippen LogP contribution in [0.1, 0.15) is 25.7 Å². The first-order valence-corrected chi connectivity index (χ1v) is 4.75. The Bertz CT molecular complexity index is 263. The van der Waals surface area contributed by atoms with Crippen molar-refractivity contribution in [3.8, 4) is 0 Å². The molecule has 3 nitrogen and oxygen atoms in total. The molecular weight excluding hydrogens is 211 g/mol. The third-order valence-electron chi connectivity index (χ3n) is 2.21. The van der Waals surface area contributed by atoms with Gasteiger partial charge in [-0.3, -0.25) is 9.59 Å². The van der Waals surface area contributed by atoms with Gasteiger partial charge in [-0.15, -0.1) is 0 Å². The second-order valence-electron chi connectivity index (χ2n) is 3.60. The van der Waals surface area contributed by atoms with Gasteiger partial charge in [0.25, 0.3) is 0 Å². The number of hydrogen-bond acceptors (Lipinski definition) is 2. The topological polar surface area (TPSA) is 37.4 Å². The van der Waals surface area contributed by atoms with Crippen molar-refractivity contribution >= 4 is 11.7 Å². The van der Waals surface area contributed by atoms with E-state index in [-0.39, 0.29) is 37.6 Å². The summed E-state index contributed by atoms with van der Waals surface area (Å²) in [5.74, 6) is -0.428. The second-order valence-corrected chi connectivity index (χ2v) is 3.60. The lowest BCUT2D eigenvalue weighted by atomic mass is 10.2. The Hall–Kier alpha value is -1.07. The molecule has 1 saturated heterocycles. The summed E-state index contributed by atoms with van der Waals surface area (Å²) < 4.78 is 35.3. The van der Waals surface area contributed by atoms with E-state index in [0.29, 0.717) is 6.42 Å². The number of nitrogens with zero attached hydrogens (tertiary/aromatic N) is 1. The number of halogens is 3. The summed E-state index contributed by atoms with van der Waals surface area (Å²) in [6.45, 7) is 0.311. The van der Waals surface area contributed by atoms with E-state index in [2.05, 4.69) is 0 Å². The number of hydrogen-bond donors (Lipinski definition) is 0. The number of unbranched alkanes of at least 4 members (excludes halogenated alkanes) is 1. The molecule has 6 heteroatoms. The molecular formula is C9H12F3NO2. The molecule has 1 aliphatic rings. The van der Waals surface area contributed by atoms with Crippen LogP contribution in [-0.2, 0) is 9.59 Å². The number of rotatable bonds is 4. The maximum absolute atomic E-state index is 11.8. The summed E-state index contributed by atoms with van der Waals surface area (Å²) in [6.07, 6.45) is -4.77. The van der Waals surface area contributed by atoms with Gasteiger partial charge in [0.05, 0.1) is 13.0 Å². The van der Waals surface area contributed by atoms with Gasteiger partial charge >= 0.3 is 6.18 Å². The SMILES string of the molecule is O=C1CC(=O)N(CCCCC(F)(F)F)C1. The third-order valence-corrected chi connectivity index (χ3v) is 2.21. The van der Waals surface area contributed by atoms with Crippen LogP contribution in [0.4, 0.5) is 13.2 Å². The van der Waals surface area contributed by atoms with Crippen LogP contribution in [0.15, 0.2) is 0 Å². The highest BCUT2D eigenvalue weighted by atomic mass is 19.4. The highest BCUT2D eigenvalue weighted by molar-refractivity contribution is 6.05. The molecule has 15 heavy (non-hydrogen) atoms. The van der Waals surface area contributed by atoms with Crippen molar-refractivity contribution < 1.29 is 22.8 Å². The predicted octanol–water partition coefficient (Wildman–Crippen LogP) is 1.52. The van der Waals surface area contributed by atoms with Gasteiger partial charge in [0.15, 0.2) is 5.78 Å². The number of Topliss-reactive ketones (excluding diaryl/α,β-unsaturated/α-hetero) is 1. The Balaban J connectivity index is 2.16. The zero-order chi connectivity index (χ0) is 11.5. The lowest BCUT2D eigenvalue weighted by molar-refractivity contribution is -0.136. The molecule has 1 aliphatic heterocycles. The number of likely N-dealkylation sites (tertiary alicyclic amines) is 1. The van der Waals surface area contributed by atoms with Crippen LogP contribution in [0, 0.1) is 0 Å². The smallest absolute Gasteiger partial charge is 0.335 e. The van der Waals surface area contributed by atoms with Crippen molar-refractivity contribution in [3.05, 3.63) is 0 Å². The fourth-order valence-electron chi connectivity index (χ4n) is 1.47. The summed E-state index contributed by atoms with van der Waals surface area (Å²) in [6, 6.07) is 0. The van der Waals surface area contributed by atoms with E-state index in [1.807, 2.05) is 0 Å². The van der Waals surface area contributed by atoms with Gasteiger partial charge in [-0.05, 0) is 12.8 Å². The molecule has 0 aromatic rings. The third kappa shape index (κ3) is 4.31. The fraction of sp³-hybridized carbons (Fsp3) is 0.778. The monoisotopic (exact) mass is 223 g/mol. The van der Waals surface area contributed by atoms with Crippen molar-refractivity contribution in [2.45, 2.75) is 31.9 Å². The summed E-state index contributed by atoms with van der Waals surface area (Å²) in [4.78, 5) is 23.2. The maximum atomic E-state index is 11.8. The molecule has 0 aliphatic carbocycles. The van der Waals surface area contributed by atoms with E-state index in [9.17, 15) is 22.8 Å². The number of amides is 1. The number of ketones is 1.